The molecule has 3 aromatic rings. The Morgan fingerprint density at radius 1 is 1.21 bits per heavy atom. The monoisotopic (exact) mass is 414 g/mol. The predicted octanol–water partition coefficient (Wildman–Crippen LogP) is 4.45. The van der Waals surface area contributed by atoms with Gasteiger partial charge >= 0.3 is 0 Å². The van der Waals surface area contributed by atoms with Gasteiger partial charge in [0.25, 0.3) is 0 Å². The molecule has 1 amide bonds. The van der Waals surface area contributed by atoms with E-state index in [4.69, 9.17) is 4.74 Å². The Labute approximate surface area is 173 Å². The van der Waals surface area contributed by atoms with Crippen molar-refractivity contribution in [2.75, 3.05) is 17.7 Å². The first kappa shape index (κ1) is 20.9. The smallest absolute Gasteiger partial charge is 0.234 e. The van der Waals surface area contributed by atoms with E-state index >= 15 is 0 Å². The van der Waals surface area contributed by atoms with Gasteiger partial charge in [-0.05, 0) is 55.3 Å². The number of aryl methyl sites for hydroxylation is 1. The molecule has 0 radical (unpaired) electrons. The summed E-state index contributed by atoms with van der Waals surface area (Å²) in [6.45, 7) is 4.58. The number of halogens is 1. The third-order valence-electron chi connectivity index (χ3n) is 4.15. The first-order valence-electron chi connectivity index (χ1n) is 9.29. The molecule has 3 rings (SSSR count). The van der Waals surface area contributed by atoms with Crippen LogP contribution in [0.25, 0.3) is 11.4 Å². The molecule has 0 fully saturated rings. The zero-order chi connectivity index (χ0) is 20.8. The highest BCUT2D eigenvalue weighted by Gasteiger charge is 2.14. The van der Waals surface area contributed by atoms with Crippen LogP contribution in [0, 0.1) is 12.7 Å². The Hall–Kier alpha value is -2.87. The van der Waals surface area contributed by atoms with E-state index in [-0.39, 0.29) is 17.3 Å². The van der Waals surface area contributed by atoms with Crippen molar-refractivity contribution in [3.05, 3.63) is 53.8 Å². The molecule has 0 aliphatic rings. The molecule has 8 heteroatoms. The van der Waals surface area contributed by atoms with Gasteiger partial charge in [-0.15, -0.1) is 10.2 Å². The zero-order valence-electron chi connectivity index (χ0n) is 16.6. The number of ether oxygens (including phenoxy) is 1. The van der Waals surface area contributed by atoms with Crippen molar-refractivity contribution in [2.24, 2.45) is 7.05 Å². The Balaban J connectivity index is 1.62. The second-order valence-corrected chi connectivity index (χ2v) is 7.50. The van der Waals surface area contributed by atoms with Crippen LogP contribution in [0.3, 0.4) is 0 Å². The molecule has 0 saturated carbocycles. The van der Waals surface area contributed by atoms with Gasteiger partial charge < -0.3 is 14.6 Å². The highest BCUT2D eigenvalue weighted by Crippen LogP contribution is 2.25. The van der Waals surface area contributed by atoms with Crippen molar-refractivity contribution < 1.29 is 13.9 Å². The van der Waals surface area contributed by atoms with Crippen LogP contribution in [0.1, 0.15) is 18.9 Å². The first-order valence-corrected chi connectivity index (χ1v) is 10.3. The van der Waals surface area contributed by atoms with E-state index in [0.717, 1.165) is 23.3 Å². The van der Waals surface area contributed by atoms with Crippen LogP contribution < -0.4 is 10.1 Å². The highest BCUT2D eigenvalue weighted by molar-refractivity contribution is 7.99. The Kier molecular flexibility index (Phi) is 6.87. The second-order valence-electron chi connectivity index (χ2n) is 6.56. The van der Waals surface area contributed by atoms with Crippen LogP contribution in [0.4, 0.5) is 10.1 Å². The Bertz CT molecular complexity index is 989. The van der Waals surface area contributed by atoms with Gasteiger partial charge in [-0.3, -0.25) is 4.79 Å². The SMILES string of the molecule is CCCOc1ccc(-c2nnc(SCC(=O)Nc3cc(C)ccc3F)n2C)cc1. The number of hydrogen-bond donors (Lipinski definition) is 1. The number of anilines is 1. The van der Waals surface area contributed by atoms with Crippen molar-refractivity contribution in [2.45, 2.75) is 25.4 Å². The minimum absolute atomic E-state index is 0.100. The number of nitrogens with one attached hydrogen (secondary N) is 1. The number of aromatic nitrogens is 3. The maximum atomic E-state index is 13.8. The fraction of sp³-hybridized carbons (Fsp3) is 0.286. The lowest BCUT2D eigenvalue weighted by atomic mass is 10.2. The molecule has 0 aliphatic heterocycles. The van der Waals surface area contributed by atoms with Gasteiger partial charge in [-0.25, -0.2) is 4.39 Å². The average Bonchev–Trinajstić information content (AvgIpc) is 3.08. The van der Waals surface area contributed by atoms with Gasteiger partial charge in [-0.1, -0.05) is 24.8 Å². The lowest BCUT2D eigenvalue weighted by Crippen LogP contribution is -2.15. The average molecular weight is 415 g/mol. The van der Waals surface area contributed by atoms with E-state index in [2.05, 4.69) is 22.4 Å². The van der Waals surface area contributed by atoms with E-state index in [1.807, 2.05) is 42.8 Å². The largest absolute Gasteiger partial charge is 0.494 e. The molecule has 29 heavy (non-hydrogen) atoms. The number of thioether (sulfide) groups is 1. The predicted molar refractivity (Wildman–Crippen MR) is 113 cm³/mol. The standard InChI is InChI=1S/C21H23FN4O2S/c1-4-11-28-16-8-6-15(7-9-16)20-24-25-21(26(20)3)29-13-19(27)23-18-12-14(2)5-10-17(18)22/h5-10,12H,4,11,13H2,1-3H3,(H,23,27). The summed E-state index contributed by atoms with van der Waals surface area (Å²) < 4.78 is 21.2. The molecule has 0 bridgehead atoms. The minimum atomic E-state index is -0.457. The first-order chi connectivity index (χ1) is 14.0. The van der Waals surface area contributed by atoms with Gasteiger partial charge in [0, 0.05) is 12.6 Å². The van der Waals surface area contributed by atoms with Gasteiger partial charge in [0.15, 0.2) is 11.0 Å². The van der Waals surface area contributed by atoms with Crippen molar-refractivity contribution in [3.8, 4) is 17.1 Å². The lowest BCUT2D eigenvalue weighted by Gasteiger charge is -2.08. The zero-order valence-corrected chi connectivity index (χ0v) is 17.4. The molecule has 1 heterocycles. The molecule has 0 unspecified atom stereocenters. The van der Waals surface area contributed by atoms with Crippen LogP contribution in [-0.4, -0.2) is 33.0 Å². The maximum Gasteiger partial charge on any atom is 0.234 e. The van der Waals surface area contributed by atoms with Gasteiger partial charge in [0.05, 0.1) is 18.0 Å². The summed E-state index contributed by atoms with van der Waals surface area (Å²) in [6.07, 6.45) is 0.954. The molecule has 0 aliphatic carbocycles. The maximum absolute atomic E-state index is 13.8. The van der Waals surface area contributed by atoms with Crippen molar-refractivity contribution in [3.63, 3.8) is 0 Å². The number of rotatable bonds is 8. The Morgan fingerprint density at radius 3 is 2.69 bits per heavy atom. The fourth-order valence-corrected chi connectivity index (χ4v) is 3.37. The van der Waals surface area contributed by atoms with Crippen LogP contribution in [0.2, 0.25) is 0 Å². The van der Waals surface area contributed by atoms with E-state index in [9.17, 15) is 9.18 Å². The number of amides is 1. The Morgan fingerprint density at radius 2 is 1.97 bits per heavy atom. The molecule has 0 atom stereocenters. The molecule has 152 valence electrons. The number of carbonyl (C=O) groups is 1. The summed E-state index contributed by atoms with van der Waals surface area (Å²) in [5.74, 6) is 0.846. The van der Waals surface area contributed by atoms with Crippen LogP contribution in [0.15, 0.2) is 47.6 Å². The molecule has 0 saturated heterocycles. The van der Waals surface area contributed by atoms with Crippen LogP contribution in [-0.2, 0) is 11.8 Å². The fourth-order valence-electron chi connectivity index (χ4n) is 2.66. The number of carbonyl (C=O) groups excluding carboxylic acids is 1. The molecular formula is C21H23FN4O2S. The second kappa shape index (κ2) is 9.56. The number of benzene rings is 2. The molecule has 0 spiro atoms. The summed E-state index contributed by atoms with van der Waals surface area (Å²) in [4.78, 5) is 12.2. The summed E-state index contributed by atoms with van der Waals surface area (Å²) in [5.41, 5.74) is 1.96. The summed E-state index contributed by atoms with van der Waals surface area (Å²) in [5, 5.41) is 11.6. The highest BCUT2D eigenvalue weighted by atomic mass is 32.2. The topological polar surface area (TPSA) is 69.0 Å². The quantitative estimate of drug-likeness (QED) is 0.552. The van der Waals surface area contributed by atoms with Crippen molar-refractivity contribution in [1.82, 2.24) is 14.8 Å². The minimum Gasteiger partial charge on any atom is -0.494 e. The molecular weight excluding hydrogens is 391 g/mol. The normalized spacial score (nSPS) is 10.8. The van der Waals surface area contributed by atoms with Gasteiger partial charge in [0.2, 0.25) is 5.91 Å². The van der Waals surface area contributed by atoms with Crippen molar-refractivity contribution in [1.29, 1.82) is 0 Å². The summed E-state index contributed by atoms with van der Waals surface area (Å²) >= 11 is 1.24. The number of hydrogen-bond acceptors (Lipinski definition) is 5. The summed E-state index contributed by atoms with van der Waals surface area (Å²) in [6, 6.07) is 12.3. The lowest BCUT2D eigenvalue weighted by molar-refractivity contribution is -0.113. The number of nitrogens with zero attached hydrogens (tertiary/aromatic N) is 3. The van der Waals surface area contributed by atoms with Crippen molar-refractivity contribution >= 4 is 23.4 Å². The van der Waals surface area contributed by atoms with Crippen LogP contribution >= 0.6 is 11.8 Å². The molecule has 6 nitrogen and oxygen atoms in total. The van der Waals surface area contributed by atoms with Gasteiger partial charge in [-0.2, -0.15) is 0 Å². The third kappa shape index (κ3) is 5.35. The van der Waals surface area contributed by atoms with Crippen LogP contribution in [0.5, 0.6) is 5.75 Å². The summed E-state index contributed by atoms with van der Waals surface area (Å²) in [7, 11) is 1.84. The molecule has 2 aromatic carbocycles. The molecule has 1 N–H and O–H groups in total. The van der Waals surface area contributed by atoms with E-state index in [1.54, 1.807) is 12.1 Å². The van der Waals surface area contributed by atoms with E-state index < -0.39 is 5.82 Å². The van der Waals surface area contributed by atoms with Gasteiger partial charge in [0.1, 0.15) is 11.6 Å². The third-order valence-corrected chi connectivity index (χ3v) is 5.17. The van der Waals surface area contributed by atoms with E-state index in [1.165, 1.54) is 17.8 Å². The molecule has 1 aromatic heterocycles. The van der Waals surface area contributed by atoms with E-state index in [0.29, 0.717) is 17.6 Å².